The van der Waals surface area contributed by atoms with Gasteiger partial charge in [0.1, 0.15) is 5.82 Å². The zero-order valence-electron chi connectivity index (χ0n) is 15.7. The zero-order valence-corrected chi connectivity index (χ0v) is 17.3. The number of H-pyrrole nitrogens is 1. The van der Waals surface area contributed by atoms with Crippen LogP contribution in [0.25, 0.3) is 12.2 Å². The maximum atomic E-state index is 11.9. The minimum atomic E-state index is -2.93. The van der Waals surface area contributed by atoms with Gasteiger partial charge >= 0.3 is 0 Å². The molecule has 1 unspecified atom stereocenters. The number of benzene rings is 1. The van der Waals surface area contributed by atoms with E-state index in [2.05, 4.69) is 28.8 Å². The number of rotatable bonds is 7. The zero-order chi connectivity index (χ0) is 19.4. The Morgan fingerprint density at radius 1 is 1.33 bits per heavy atom. The first-order chi connectivity index (χ1) is 12.8. The summed E-state index contributed by atoms with van der Waals surface area (Å²) in [4.78, 5) is 6.61. The monoisotopic (exact) mass is 406 g/mol. The standard InChI is InChI=1S/C19H26N4O2S2/c1-15(2)12-22(17-10-11-27(24,25)13-17)14-23-19(26)20-18(21-23)9-8-16-6-4-3-5-7-16/h3-9,15,17H,10-14H2,1-2H3,(H,20,21,26)/b9-8+. The molecule has 8 heteroatoms. The number of aromatic amines is 1. The summed E-state index contributed by atoms with van der Waals surface area (Å²) in [7, 11) is -2.93. The lowest BCUT2D eigenvalue weighted by molar-refractivity contribution is 0.137. The van der Waals surface area contributed by atoms with Crippen molar-refractivity contribution in [3.63, 3.8) is 0 Å². The largest absolute Gasteiger partial charge is 0.280 e. The van der Waals surface area contributed by atoms with Crippen molar-refractivity contribution in [2.24, 2.45) is 5.92 Å². The van der Waals surface area contributed by atoms with Crippen LogP contribution in [0.4, 0.5) is 0 Å². The van der Waals surface area contributed by atoms with Gasteiger partial charge in [0.2, 0.25) is 4.77 Å². The van der Waals surface area contributed by atoms with E-state index in [-0.39, 0.29) is 17.5 Å². The maximum Gasteiger partial charge on any atom is 0.217 e. The molecule has 0 aliphatic carbocycles. The Hall–Kier alpha value is -1.77. The molecule has 1 aliphatic heterocycles. The molecule has 1 N–H and O–H groups in total. The molecular formula is C19H26N4O2S2. The van der Waals surface area contributed by atoms with Crippen LogP contribution in [-0.2, 0) is 16.5 Å². The van der Waals surface area contributed by atoms with Crippen molar-refractivity contribution < 1.29 is 8.42 Å². The molecule has 1 aromatic heterocycles. The Bertz CT molecular complexity index is 946. The minimum Gasteiger partial charge on any atom is -0.280 e. The Kier molecular flexibility index (Phi) is 6.29. The SMILES string of the molecule is CC(C)CN(Cn1[nH]c(/C=C/c2ccccc2)nc1=S)C1CCS(=O)(=O)C1. The predicted molar refractivity (Wildman–Crippen MR) is 111 cm³/mol. The smallest absolute Gasteiger partial charge is 0.217 e. The average molecular weight is 407 g/mol. The Morgan fingerprint density at radius 2 is 2.07 bits per heavy atom. The summed E-state index contributed by atoms with van der Waals surface area (Å²) in [5, 5.41) is 3.22. The number of hydrogen-bond acceptors (Lipinski definition) is 5. The van der Waals surface area contributed by atoms with Gasteiger partial charge in [0.25, 0.3) is 0 Å². The first-order valence-electron chi connectivity index (χ1n) is 9.17. The van der Waals surface area contributed by atoms with Gasteiger partial charge in [-0.2, -0.15) is 4.98 Å². The Labute approximate surface area is 165 Å². The fourth-order valence-corrected chi connectivity index (χ4v) is 5.28. The van der Waals surface area contributed by atoms with E-state index in [0.29, 0.717) is 29.6 Å². The second-order valence-electron chi connectivity index (χ2n) is 7.43. The molecular weight excluding hydrogens is 380 g/mol. The molecule has 1 saturated heterocycles. The van der Waals surface area contributed by atoms with Gasteiger partial charge < -0.3 is 0 Å². The lowest BCUT2D eigenvalue weighted by atomic mass is 10.1. The topological polar surface area (TPSA) is 71.0 Å². The van der Waals surface area contributed by atoms with Crippen molar-refractivity contribution in [3.05, 3.63) is 46.5 Å². The van der Waals surface area contributed by atoms with Crippen molar-refractivity contribution in [2.75, 3.05) is 18.1 Å². The number of aromatic nitrogens is 3. The van der Waals surface area contributed by atoms with E-state index in [9.17, 15) is 8.42 Å². The molecule has 2 aromatic rings. The van der Waals surface area contributed by atoms with Gasteiger partial charge in [0.15, 0.2) is 9.84 Å². The van der Waals surface area contributed by atoms with Crippen LogP contribution in [0.2, 0.25) is 0 Å². The lowest BCUT2D eigenvalue weighted by Gasteiger charge is -2.29. The van der Waals surface area contributed by atoms with Gasteiger partial charge in [-0.3, -0.25) is 10.00 Å². The second kappa shape index (κ2) is 8.50. The third-order valence-corrected chi connectivity index (χ3v) is 6.64. The first-order valence-corrected chi connectivity index (χ1v) is 11.4. The molecule has 1 fully saturated rings. The summed E-state index contributed by atoms with van der Waals surface area (Å²) in [5.74, 6) is 1.61. The third-order valence-electron chi connectivity index (χ3n) is 4.58. The highest BCUT2D eigenvalue weighted by molar-refractivity contribution is 7.91. The van der Waals surface area contributed by atoms with E-state index in [0.717, 1.165) is 12.1 Å². The molecule has 1 atom stereocenters. The van der Waals surface area contributed by atoms with E-state index in [4.69, 9.17) is 12.2 Å². The molecule has 0 spiro atoms. The molecule has 0 bridgehead atoms. The Balaban J connectivity index is 1.75. The number of hydrogen-bond donors (Lipinski definition) is 1. The first kappa shape index (κ1) is 20.0. The molecule has 1 aliphatic rings. The van der Waals surface area contributed by atoms with E-state index in [1.54, 1.807) is 0 Å². The number of nitrogens with one attached hydrogen (secondary N) is 1. The van der Waals surface area contributed by atoms with Crippen molar-refractivity contribution in [2.45, 2.75) is 33.0 Å². The van der Waals surface area contributed by atoms with Gasteiger partial charge in [-0.25, -0.2) is 13.1 Å². The van der Waals surface area contributed by atoms with Crippen molar-refractivity contribution in [1.82, 2.24) is 19.7 Å². The molecule has 146 valence electrons. The summed E-state index contributed by atoms with van der Waals surface area (Å²) in [6.07, 6.45) is 4.55. The second-order valence-corrected chi connectivity index (χ2v) is 10.0. The summed E-state index contributed by atoms with van der Waals surface area (Å²) in [6.45, 7) is 5.60. The van der Waals surface area contributed by atoms with E-state index in [1.165, 1.54) is 0 Å². The van der Waals surface area contributed by atoms with Crippen molar-refractivity contribution in [1.29, 1.82) is 0 Å². The van der Waals surface area contributed by atoms with Crippen molar-refractivity contribution >= 4 is 34.2 Å². The van der Waals surface area contributed by atoms with Gasteiger partial charge in [-0.05, 0) is 36.2 Å². The fourth-order valence-electron chi connectivity index (χ4n) is 3.32. The average Bonchev–Trinajstić information content (AvgIpc) is 3.15. The van der Waals surface area contributed by atoms with E-state index < -0.39 is 9.84 Å². The van der Waals surface area contributed by atoms with Crippen LogP contribution in [0, 0.1) is 10.7 Å². The lowest BCUT2D eigenvalue weighted by Crippen LogP contribution is -2.40. The summed E-state index contributed by atoms with van der Waals surface area (Å²) >= 11 is 5.40. The maximum absolute atomic E-state index is 11.9. The molecule has 2 heterocycles. The van der Waals surface area contributed by atoms with Crippen LogP contribution in [0.1, 0.15) is 31.7 Å². The van der Waals surface area contributed by atoms with Gasteiger partial charge in [-0.1, -0.05) is 50.3 Å². The number of nitrogens with zero attached hydrogens (tertiary/aromatic N) is 3. The Morgan fingerprint density at radius 3 is 2.70 bits per heavy atom. The quantitative estimate of drug-likeness (QED) is 0.715. The van der Waals surface area contributed by atoms with Crippen LogP contribution in [-0.4, -0.2) is 52.2 Å². The molecule has 3 rings (SSSR count). The van der Waals surface area contributed by atoms with Gasteiger partial charge in [-0.15, -0.1) is 0 Å². The summed E-state index contributed by atoms with van der Waals surface area (Å²) < 4.78 is 26.1. The van der Waals surface area contributed by atoms with Crippen LogP contribution in [0.5, 0.6) is 0 Å². The molecule has 6 nitrogen and oxygen atoms in total. The van der Waals surface area contributed by atoms with Gasteiger partial charge in [0.05, 0.1) is 18.2 Å². The number of sulfone groups is 1. The normalized spacial score (nSPS) is 19.5. The van der Waals surface area contributed by atoms with Crippen LogP contribution in [0.3, 0.4) is 0 Å². The van der Waals surface area contributed by atoms with Crippen LogP contribution in [0.15, 0.2) is 30.3 Å². The molecule has 0 saturated carbocycles. The summed E-state index contributed by atoms with van der Waals surface area (Å²) in [5.41, 5.74) is 1.09. The van der Waals surface area contributed by atoms with E-state index >= 15 is 0 Å². The van der Waals surface area contributed by atoms with Crippen molar-refractivity contribution in [3.8, 4) is 0 Å². The highest BCUT2D eigenvalue weighted by Crippen LogP contribution is 2.20. The van der Waals surface area contributed by atoms with Crippen LogP contribution < -0.4 is 0 Å². The molecule has 1 aromatic carbocycles. The third kappa shape index (κ3) is 5.60. The highest BCUT2D eigenvalue weighted by Gasteiger charge is 2.32. The minimum absolute atomic E-state index is 0.0333. The highest BCUT2D eigenvalue weighted by atomic mass is 32.2. The molecule has 27 heavy (non-hydrogen) atoms. The van der Waals surface area contributed by atoms with Crippen LogP contribution >= 0.6 is 12.2 Å². The molecule has 0 radical (unpaired) electrons. The fraction of sp³-hybridized carbons (Fsp3) is 0.474. The predicted octanol–water partition coefficient (Wildman–Crippen LogP) is 3.21. The summed E-state index contributed by atoms with van der Waals surface area (Å²) in [6, 6.07) is 10.0. The van der Waals surface area contributed by atoms with E-state index in [1.807, 2.05) is 47.2 Å². The van der Waals surface area contributed by atoms with Gasteiger partial charge in [0, 0.05) is 12.6 Å². The molecule has 0 amide bonds.